The van der Waals surface area contributed by atoms with Crippen LogP contribution in [0.25, 0.3) is 0 Å². The van der Waals surface area contributed by atoms with Gasteiger partial charge in [-0.2, -0.15) is 18.4 Å². The van der Waals surface area contributed by atoms with Gasteiger partial charge in [0.2, 0.25) is 0 Å². The minimum absolute atomic E-state index is 0.0215. The molecular weight excluding hydrogens is 347 g/mol. The van der Waals surface area contributed by atoms with Gasteiger partial charge in [0.25, 0.3) is 5.91 Å². The number of carbonyl (C=O) groups is 1. The first kappa shape index (κ1) is 19.8. The molecule has 0 bridgehead atoms. The quantitative estimate of drug-likeness (QED) is 0.404. The molecule has 0 saturated carbocycles. The maximum atomic E-state index is 12.7. The van der Waals surface area contributed by atoms with Crippen molar-refractivity contribution in [3.05, 3.63) is 41.6 Å². The van der Waals surface area contributed by atoms with Crippen molar-refractivity contribution in [1.29, 1.82) is 5.26 Å². The number of halogens is 3. The molecule has 0 unspecified atom stereocenters. The number of rotatable bonds is 6. The molecule has 6 nitrogen and oxygen atoms in total. The molecule has 9 heteroatoms. The standard InChI is InChI=1S/C17H20F3N5O/c18-17(19,20)14-2-1-3-15(10-14)24-16(26)13(11-21)12-23-6-9-25-7-4-22-5-8-25/h1-3,10,12,22-23H,4-9H2,(H,24,26)/b13-12-. The fourth-order valence-corrected chi connectivity index (χ4v) is 2.45. The molecule has 26 heavy (non-hydrogen) atoms. The molecule has 1 aromatic rings. The maximum absolute atomic E-state index is 12.7. The predicted molar refractivity (Wildman–Crippen MR) is 91.1 cm³/mol. The van der Waals surface area contributed by atoms with Gasteiger partial charge in [0, 0.05) is 51.2 Å². The molecule has 1 amide bonds. The van der Waals surface area contributed by atoms with E-state index >= 15 is 0 Å². The van der Waals surface area contributed by atoms with Crippen LogP contribution in [0.5, 0.6) is 0 Å². The van der Waals surface area contributed by atoms with Crippen LogP contribution in [0.1, 0.15) is 5.56 Å². The summed E-state index contributed by atoms with van der Waals surface area (Å²) in [7, 11) is 0. The molecule has 0 spiro atoms. The Labute approximate surface area is 149 Å². The second kappa shape index (κ2) is 9.22. The highest BCUT2D eigenvalue weighted by Gasteiger charge is 2.30. The molecule has 0 aliphatic carbocycles. The van der Waals surface area contributed by atoms with E-state index in [0.29, 0.717) is 6.54 Å². The van der Waals surface area contributed by atoms with Crippen molar-refractivity contribution in [3.8, 4) is 6.07 Å². The second-order valence-corrected chi connectivity index (χ2v) is 5.75. The van der Waals surface area contributed by atoms with E-state index in [9.17, 15) is 18.0 Å². The number of hydrogen-bond donors (Lipinski definition) is 3. The molecule has 0 atom stereocenters. The highest BCUT2D eigenvalue weighted by atomic mass is 19.4. The van der Waals surface area contributed by atoms with E-state index in [1.54, 1.807) is 6.07 Å². The van der Waals surface area contributed by atoms with E-state index in [2.05, 4.69) is 20.9 Å². The lowest BCUT2D eigenvalue weighted by atomic mass is 10.2. The number of nitrogens with one attached hydrogen (secondary N) is 3. The number of amides is 1. The number of alkyl halides is 3. The summed E-state index contributed by atoms with van der Waals surface area (Å²) in [6, 6.07) is 6.01. The highest BCUT2D eigenvalue weighted by molar-refractivity contribution is 6.06. The van der Waals surface area contributed by atoms with Crippen molar-refractivity contribution in [3.63, 3.8) is 0 Å². The number of benzene rings is 1. The Morgan fingerprint density at radius 2 is 2.08 bits per heavy atom. The predicted octanol–water partition coefficient (Wildman–Crippen LogP) is 1.55. The van der Waals surface area contributed by atoms with E-state index in [-0.39, 0.29) is 11.3 Å². The normalized spacial score (nSPS) is 16.0. The summed E-state index contributed by atoms with van der Waals surface area (Å²) in [5.41, 5.74) is -1.10. The van der Waals surface area contributed by atoms with Gasteiger partial charge in [-0.05, 0) is 18.2 Å². The van der Waals surface area contributed by atoms with Gasteiger partial charge in [-0.1, -0.05) is 6.07 Å². The number of nitriles is 1. The molecule has 1 aliphatic rings. The number of anilines is 1. The molecular formula is C17H20F3N5O. The molecule has 140 valence electrons. The van der Waals surface area contributed by atoms with Crippen molar-refractivity contribution in [1.82, 2.24) is 15.5 Å². The number of hydrogen-bond acceptors (Lipinski definition) is 5. The van der Waals surface area contributed by atoms with Crippen molar-refractivity contribution in [2.45, 2.75) is 6.18 Å². The molecule has 1 heterocycles. The average Bonchev–Trinajstić information content (AvgIpc) is 2.62. The van der Waals surface area contributed by atoms with Crippen LogP contribution in [0, 0.1) is 11.3 Å². The fraction of sp³-hybridized carbons (Fsp3) is 0.412. The third-order valence-electron chi connectivity index (χ3n) is 3.84. The second-order valence-electron chi connectivity index (χ2n) is 5.75. The summed E-state index contributed by atoms with van der Waals surface area (Å²) in [5.74, 6) is -0.763. The first-order valence-corrected chi connectivity index (χ1v) is 8.15. The Hall–Kier alpha value is -2.57. The third kappa shape index (κ3) is 6.06. The number of nitrogens with zero attached hydrogens (tertiary/aromatic N) is 2. The Morgan fingerprint density at radius 1 is 1.35 bits per heavy atom. The van der Waals surface area contributed by atoms with Crippen LogP contribution in [-0.2, 0) is 11.0 Å². The largest absolute Gasteiger partial charge is 0.416 e. The van der Waals surface area contributed by atoms with Gasteiger partial charge in [0.05, 0.1) is 5.56 Å². The zero-order valence-corrected chi connectivity index (χ0v) is 14.1. The zero-order valence-electron chi connectivity index (χ0n) is 14.1. The van der Waals surface area contributed by atoms with Crippen LogP contribution in [0.3, 0.4) is 0 Å². The van der Waals surface area contributed by atoms with Gasteiger partial charge in [0.1, 0.15) is 11.6 Å². The molecule has 3 N–H and O–H groups in total. The fourth-order valence-electron chi connectivity index (χ4n) is 2.45. The van der Waals surface area contributed by atoms with Crippen LogP contribution >= 0.6 is 0 Å². The summed E-state index contributed by atoms with van der Waals surface area (Å²) in [4.78, 5) is 14.3. The van der Waals surface area contributed by atoms with E-state index in [1.807, 2.05) is 0 Å². The van der Waals surface area contributed by atoms with Crippen LogP contribution < -0.4 is 16.0 Å². The molecule has 2 rings (SSSR count). The first-order chi connectivity index (χ1) is 12.4. The SMILES string of the molecule is N#C/C(=C/NCCN1CCNCC1)C(=O)Nc1cccc(C(F)(F)F)c1. The number of piperazine rings is 1. The van der Waals surface area contributed by atoms with Gasteiger partial charge in [0.15, 0.2) is 0 Å². The Bertz CT molecular complexity index is 690. The van der Waals surface area contributed by atoms with Crippen LogP contribution in [0.2, 0.25) is 0 Å². The Morgan fingerprint density at radius 3 is 2.73 bits per heavy atom. The van der Waals surface area contributed by atoms with E-state index in [1.165, 1.54) is 18.3 Å². The Balaban J connectivity index is 1.88. The monoisotopic (exact) mass is 367 g/mol. The van der Waals surface area contributed by atoms with E-state index in [0.717, 1.165) is 44.9 Å². The highest BCUT2D eigenvalue weighted by Crippen LogP contribution is 2.30. The topological polar surface area (TPSA) is 80.2 Å². The van der Waals surface area contributed by atoms with Crippen LogP contribution in [0.15, 0.2) is 36.0 Å². The lowest BCUT2D eigenvalue weighted by Crippen LogP contribution is -2.45. The smallest absolute Gasteiger partial charge is 0.388 e. The molecule has 1 fully saturated rings. The van der Waals surface area contributed by atoms with Crippen LogP contribution in [-0.4, -0.2) is 50.1 Å². The summed E-state index contributed by atoms with van der Waals surface area (Å²) in [6.45, 7) is 5.06. The number of carbonyl (C=O) groups excluding carboxylic acids is 1. The maximum Gasteiger partial charge on any atom is 0.416 e. The molecule has 0 radical (unpaired) electrons. The average molecular weight is 367 g/mol. The van der Waals surface area contributed by atoms with Crippen molar-refractivity contribution in [2.24, 2.45) is 0 Å². The molecule has 1 saturated heterocycles. The first-order valence-electron chi connectivity index (χ1n) is 8.15. The van der Waals surface area contributed by atoms with E-state index < -0.39 is 17.6 Å². The molecule has 1 aliphatic heterocycles. The van der Waals surface area contributed by atoms with Gasteiger partial charge < -0.3 is 16.0 Å². The summed E-state index contributed by atoms with van der Waals surface area (Å²) < 4.78 is 38.1. The zero-order chi connectivity index (χ0) is 19.0. The van der Waals surface area contributed by atoms with Crippen LogP contribution in [0.4, 0.5) is 18.9 Å². The van der Waals surface area contributed by atoms with Crippen molar-refractivity contribution in [2.75, 3.05) is 44.6 Å². The van der Waals surface area contributed by atoms with Gasteiger partial charge >= 0.3 is 6.18 Å². The minimum Gasteiger partial charge on any atom is -0.388 e. The minimum atomic E-state index is -4.50. The van der Waals surface area contributed by atoms with E-state index in [4.69, 9.17) is 5.26 Å². The molecule has 0 aromatic heterocycles. The third-order valence-corrected chi connectivity index (χ3v) is 3.84. The summed E-state index contributed by atoms with van der Waals surface area (Å²) in [5, 5.41) is 17.5. The van der Waals surface area contributed by atoms with Gasteiger partial charge in [-0.25, -0.2) is 0 Å². The summed E-state index contributed by atoms with van der Waals surface area (Å²) in [6.07, 6.45) is -3.22. The molecule has 1 aromatic carbocycles. The Kier molecular flexibility index (Phi) is 7.00. The lowest BCUT2D eigenvalue weighted by Gasteiger charge is -2.26. The van der Waals surface area contributed by atoms with Gasteiger partial charge in [-0.15, -0.1) is 0 Å². The van der Waals surface area contributed by atoms with Crippen molar-refractivity contribution < 1.29 is 18.0 Å². The lowest BCUT2D eigenvalue weighted by molar-refractivity contribution is -0.137. The summed E-state index contributed by atoms with van der Waals surface area (Å²) >= 11 is 0. The van der Waals surface area contributed by atoms with Crippen molar-refractivity contribution >= 4 is 11.6 Å². The van der Waals surface area contributed by atoms with Gasteiger partial charge in [-0.3, -0.25) is 9.69 Å².